The maximum atomic E-state index is 12.5. The highest BCUT2D eigenvalue weighted by atomic mass is 35.5. The van der Waals surface area contributed by atoms with Crippen LogP contribution >= 0.6 is 36.4 Å². The van der Waals surface area contributed by atoms with Gasteiger partial charge in [-0.3, -0.25) is 4.79 Å². The molecule has 0 aliphatic heterocycles. The van der Waals surface area contributed by atoms with Gasteiger partial charge in [0.25, 0.3) is 0 Å². The summed E-state index contributed by atoms with van der Waals surface area (Å²) in [4.78, 5) is 15.6. The lowest BCUT2D eigenvalue weighted by Gasteiger charge is -2.19. The third-order valence-corrected chi connectivity index (χ3v) is 4.41. The van der Waals surface area contributed by atoms with Crippen LogP contribution < -0.4 is 16.4 Å². The Hall–Kier alpha value is -0.960. The molecule has 1 heterocycles. The van der Waals surface area contributed by atoms with E-state index in [1.807, 2.05) is 0 Å². The number of carbonyl (C=O) groups excluding carboxylic acids is 1. The molecule has 1 fully saturated rings. The summed E-state index contributed by atoms with van der Waals surface area (Å²) in [5, 5.41) is 5.59. The van der Waals surface area contributed by atoms with Crippen molar-refractivity contribution in [3.05, 3.63) is 22.8 Å². The van der Waals surface area contributed by atoms with Gasteiger partial charge in [-0.25, -0.2) is 4.98 Å². The molecule has 26 heavy (non-hydrogen) atoms. The van der Waals surface area contributed by atoms with Gasteiger partial charge in [0.1, 0.15) is 5.82 Å². The second kappa shape index (κ2) is 11.0. The van der Waals surface area contributed by atoms with E-state index in [2.05, 4.69) is 15.6 Å². The quantitative estimate of drug-likeness (QED) is 0.635. The molecule has 1 amide bonds. The van der Waals surface area contributed by atoms with Crippen LogP contribution in [0.2, 0.25) is 5.02 Å². The van der Waals surface area contributed by atoms with Crippen LogP contribution in [0.25, 0.3) is 0 Å². The Morgan fingerprint density at radius 2 is 2.04 bits per heavy atom. The van der Waals surface area contributed by atoms with Crippen LogP contribution in [0.15, 0.2) is 12.3 Å². The van der Waals surface area contributed by atoms with Crippen LogP contribution in [-0.2, 0) is 11.0 Å². The summed E-state index contributed by atoms with van der Waals surface area (Å²) in [6.07, 6.45) is -0.615. The number of nitrogens with one attached hydrogen (secondary N) is 2. The second-order valence-electron chi connectivity index (χ2n) is 5.83. The van der Waals surface area contributed by atoms with E-state index >= 15 is 0 Å². The minimum atomic E-state index is -4.49. The third-order valence-electron chi connectivity index (χ3n) is 4.12. The van der Waals surface area contributed by atoms with Gasteiger partial charge >= 0.3 is 6.18 Å². The number of amides is 1. The van der Waals surface area contributed by atoms with Crippen molar-refractivity contribution in [2.75, 3.05) is 18.4 Å². The first kappa shape index (κ1) is 25.0. The number of pyridine rings is 1. The molecule has 1 saturated carbocycles. The Morgan fingerprint density at radius 1 is 1.35 bits per heavy atom. The van der Waals surface area contributed by atoms with E-state index in [9.17, 15) is 18.0 Å². The Labute approximate surface area is 167 Å². The van der Waals surface area contributed by atoms with Gasteiger partial charge in [0.2, 0.25) is 5.91 Å². The van der Waals surface area contributed by atoms with Crippen LogP contribution in [0.5, 0.6) is 0 Å². The summed E-state index contributed by atoms with van der Waals surface area (Å²) in [6.45, 7) is 0.776. The first-order valence-corrected chi connectivity index (χ1v) is 8.15. The van der Waals surface area contributed by atoms with Gasteiger partial charge in [0, 0.05) is 25.2 Å². The molecule has 1 aliphatic rings. The summed E-state index contributed by atoms with van der Waals surface area (Å²) < 4.78 is 37.6. The molecule has 0 bridgehead atoms. The Bertz CT molecular complexity index is 590. The summed E-state index contributed by atoms with van der Waals surface area (Å²) in [6, 6.07) is 0.914. The van der Waals surface area contributed by atoms with Crippen molar-refractivity contribution in [1.29, 1.82) is 0 Å². The molecule has 1 aromatic heterocycles. The van der Waals surface area contributed by atoms with E-state index in [1.165, 1.54) is 0 Å². The number of hydrogen-bond donors (Lipinski definition) is 3. The van der Waals surface area contributed by atoms with Gasteiger partial charge in [0.15, 0.2) is 0 Å². The van der Waals surface area contributed by atoms with Crippen molar-refractivity contribution in [3.8, 4) is 0 Å². The molecule has 0 aromatic carbocycles. The highest BCUT2D eigenvalue weighted by molar-refractivity contribution is 6.32. The number of nitrogens with zero attached hydrogens (tertiary/aromatic N) is 1. The number of anilines is 1. The average Bonchev–Trinajstić information content (AvgIpc) is 2.95. The van der Waals surface area contributed by atoms with Gasteiger partial charge in [-0.05, 0) is 31.4 Å². The molecule has 1 aromatic rings. The zero-order valence-electron chi connectivity index (χ0n) is 13.8. The molecule has 0 radical (unpaired) electrons. The maximum absolute atomic E-state index is 12.5. The molecule has 0 saturated heterocycles. The monoisotopic (exact) mass is 436 g/mol. The number of hydrogen-bond acceptors (Lipinski definition) is 4. The third kappa shape index (κ3) is 6.98. The van der Waals surface area contributed by atoms with E-state index in [0.717, 1.165) is 25.3 Å². The standard InChI is InChI=1S/C15H20ClF3N4O.2ClH/c16-11-6-10(15(17,18)19)8-22-14(11)21-5-4-13(24)23-12-3-1-2-9(12)7-20;;/h6,8-9,12H,1-5,7,20H2,(H,21,22)(H,23,24);2*1H. The zero-order valence-corrected chi connectivity index (χ0v) is 16.2. The molecule has 0 spiro atoms. The number of nitrogens with two attached hydrogens (primary N) is 1. The first-order chi connectivity index (χ1) is 11.3. The number of carbonyl (C=O) groups is 1. The Balaban J connectivity index is 0.00000312. The van der Waals surface area contributed by atoms with Crippen LogP contribution in [0.3, 0.4) is 0 Å². The van der Waals surface area contributed by atoms with Crippen LogP contribution in [0.1, 0.15) is 31.2 Å². The largest absolute Gasteiger partial charge is 0.417 e. The van der Waals surface area contributed by atoms with Crippen LogP contribution in [0, 0.1) is 5.92 Å². The molecule has 150 valence electrons. The molecule has 2 atom stereocenters. The lowest BCUT2D eigenvalue weighted by Crippen LogP contribution is -2.40. The zero-order chi connectivity index (χ0) is 17.7. The van der Waals surface area contributed by atoms with Gasteiger partial charge in [-0.1, -0.05) is 18.0 Å². The molecule has 11 heteroatoms. The fourth-order valence-corrected chi connectivity index (χ4v) is 3.04. The first-order valence-electron chi connectivity index (χ1n) is 7.77. The van der Waals surface area contributed by atoms with E-state index in [1.54, 1.807) is 0 Å². The smallest absolute Gasteiger partial charge is 0.368 e. The molecular weight excluding hydrogens is 416 g/mol. The van der Waals surface area contributed by atoms with Crippen molar-refractivity contribution < 1.29 is 18.0 Å². The van der Waals surface area contributed by atoms with Gasteiger partial charge in [0.05, 0.1) is 10.6 Å². The average molecular weight is 438 g/mol. The van der Waals surface area contributed by atoms with E-state index in [-0.39, 0.29) is 60.6 Å². The van der Waals surface area contributed by atoms with E-state index in [4.69, 9.17) is 17.3 Å². The highest BCUT2D eigenvalue weighted by Gasteiger charge is 2.31. The Kier molecular flexibility index (Phi) is 10.6. The molecule has 2 unspecified atom stereocenters. The summed E-state index contributed by atoms with van der Waals surface area (Å²) in [5.41, 5.74) is 4.76. The van der Waals surface area contributed by atoms with Crippen molar-refractivity contribution >= 4 is 48.1 Å². The van der Waals surface area contributed by atoms with Crippen molar-refractivity contribution in [2.45, 2.75) is 37.9 Å². The van der Waals surface area contributed by atoms with E-state index < -0.39 is 11.7 Å². The summed E-state index contributed by atoms with van der Waals surface area (Å²) >= 11 is 5.79. The molecule has 2 rings (SSSR count). The predicted octanol–water partition coefficient (Wildman–Crippen LogP) is 3.64. The normalized spacial score (nSPS) is 19.3. The van der Waals surface area contributed by atoms with E-state index in [0.29, 0.717) is 18.7 Å². The maximum Gasteiger partial charge on any atom is 0.417 e. The SMILES string of the molecule is Cl.Cl.NCC1CCCC1NC(=O)CCNc1ncc(C(F)(F)F)cc1Cl. The lowest BCUT2D eigenvalue weighted by atomic mass is 10.0. The minimum absolute atomic E-state index is 0. The van der Waals surface area contributed by atoms with Crippen LogP contribution in [-0.4, -0.2) is 30.0 Å². The fourth-order valence-electron chi connectivity index (χ4n) is 2.81. The minimum Gasteiger partial charge on any atom is -0.368 e. The number of halogens is 6. The highest BCUT2D eigenvalue weighted by Crippen LogP contribution is 2.32. The van der Waals surface area contributed by atoms with Crippen molar-refractivity contribution in [3.63, 3.8) is 0 Å². The van der Waals surface area contributed by atoms with Crippen LogP contribution in [0.4, 0.5) is 19.0 Å². The van der Waals surface area contributed by atoms with Gasteiger partial charge < -0.3 is 16.4 Å². The van der Waals surface area contributed by atoms with Gasteiger partial charge in [-0.2, -0.15) is 13.2 Å². The second-order valence-corrected chi connectivity index (χ2v) is 6.24. The summed E-state index contributed by atoms with van der Waals surface area (Å²) in [5.74, 6) is 0.307. The topological polar surface area (TPSA) is 80.0 Å². The van der Waals surface area contributed by atoms with Gasteiger partial charge in [-0.15, -0.1) is 24.8 Å². The number of aromatic nitrogens is 1. The number of alkyl halides is 3. The predicted molar refractivity (Wildman–Crippen MR) is 100 cm³/mol. The molecular formula is C15H22Cl3F3N4O. The number of rotatable bonds is 6. The fraction of sp³-hybridized carbons (Fsp3) is 0.600. The van der Waals surface area contributed by atoms with Crippen molar-refractivity contribution in [2.24, 2.45) is 11.7 Å². The molecule has 1 aliphatic carbocycles. The molecule has 5 nitrogen and oxygen atoms in total. The van der Waals surface area contributed by atoms with Crippen molar-refractivity contribution in [1.82, 2.24) is 10.3 Å². The Morgan fingerprint density at radius 3 is 2.62 bits per heavy atom. The lowest BCUT2D eigenvalue weighted by molar-refractivity contribution is -0.137. The summed E-state index contributed by atoms with van der Waals surface area (Å²) in [7, 11) is 0. The molecule has 4 N–H and O–H groups in total.